The van der Waals surface area contributed by atoms with Gasteiger partial charge in [-0.3, -0.25) is 0 Å². The first-order chi connectivity index (χ1) is 10.7. The zero-order chi connectivity index (χ0) is 16.6. The van der Waals surface area contributed by atoms with E-state index >= 15 is 0 Å². The van der Waals surface area contributed by atoms with Crippen LogP contribution in [0.15, 0.2) is 12.4 Å². The molecule has 3 heteroatoms. The molecule has 0 aromatic carbocycles. The third-order valence-electron chi connectivity index (χ3n) is 3.43. The maximum atomic E-state index is 5.66. The predicted molar refractivity (Wildman–Crippen MR) is 99.7 cm³/mol. The average molecular weight is 412 g/mol. The van der Waals surface area contributed by atoms with Gasteiger partial charge in [0, 0.05) is 0 Å². The van der Waals surface area contributed by atoms with Gasteiger partial charge >= 0.3 is 95.4 Å². The molecule has 0 aliphatic carbocycles. The van der Waals surface area contributed by atoms with E-state index in [0.29, 0.717) is 0 Å². The summed E-state index contributed by atoms with van der Waals surface area (Å²) in [5.74, 6) is 1.20. The monoisotopic (exact) mass is 413 g/mol. The number of pyridine rings is 1. The van der Waals surface area contributed by atoms with Gasteiger partial charge in [-0.2, -0.15) is 0 Å². The summed E-state index contributed by atoms with van der Waals surface area (Å²) in [4.78, 5) is 4.30. The Morgan fingerprint density at radius 1 is 0.955 bits per heavy atom. The number of unbranched alkanes of at least 4 members (excludes halogenated alkanes) is 3. The molecule has 2 nitrogen and oxygen atoms in total. The van der Waals surface area contributed by atoms with E-state index in [2.05, 4.69) is 39.6 Å². The van der Waals surface area contributed by atoms with E-state index in [9.17, 15) is 0 Å². The van der Waals surface area contributed by atoms with Gasteiger partial charge in [0.05, 0.1) is 0 Å². The van der Waals surface area contributed by atoms with Crippen LogP contribution in [0.2, 0.25) is 4.44 Å². The first-order valence-corrected chi connectivity index (χ1v) is 12.5. The van der Waals surface area contributed by atoms with E-state index in [-0.39, 0.29) is 0 Å². The van der Waals surface area contributed by atoms with Crippen molar-refractivity contribution in [1.29, 1.82) is 0 Å². The minimum absolute atomic E-state index is 0.410. The maximum absolute atomic E-state index is 5.66. The SMILES string of the molecule is CCCC.CCCC.CCC[CH2][Sn][c]1cncc2c1OCC2. The van der Waals surface area contributed by atoms with E-state index in [1.807, 2.05) is 12.4 Å². The first kappa shape index (κ1) is 21.7. The Kier molecular flexibility index (Phi) is 15.5. The first-order valence-electron chi connectivity index (χ1n) is 9.08. The Hall–Kier alpha value is -0.251. The summed E-state index contributed by atoms with van der Waals surface area (Å²) in [6.45, 7) is 11.8. The van der Waals surface area contributed by atoms with Crippen molar-refractivity contribution in [1.82, 2.24) is 4.98 Å². The third kappa shape index (κ3) is 9.70. The fourth-order valence-corrected chi connectivity index (χ4v) is 5.51. The second-order valence-corrected chi connectivity index (χ2v) is 9.53. The van der Waals surface area contributed by atoms with E-state index in [1.165, 1.54) is 57.9 Å². The standard InChI is InChI=1S/C7H6NO.2C4H10.C4H9.Sn/c1-3-8-5-6-2-4-9-7(1)6;3*1-3-4-2;/h3,5H,2,4H2;2*3-4H2,1-2H3;1,3-4H2,2H3;. The van der Waals surface area contributed by atoms with E-state index in [1.54, 1.807) is 0 Å². The quantitative estimate of drug-likeness (QED) is 0.475. The Labute approximate surface area is 148 Å². The van der Waals surface area contributed by atoms with Crippen LogP contribution in [-0.4, -0.2) is 32.7 Å². The molecular weight excluding hydrogens is 377 g/mol. The van der Waals surface area contributed by atoms with Crippen molar-refractivity contribution < 1.29 is 4.74 Å². The molecule has 0 unspecified atom stereocenters. The van der Waals surface area contributed by atoms with Crippen molar-refractivity contribution >= 4 is 24.7 Å². The molecule has 0 saturated heterocycles. The number of hydrogen-bond donors (Lipinski definition) is 0. The van der Waals surface area contributed by atoms with Crippen molar-refractivity contribution in [2.24, 2.45) is 0 Å². The van der Waals surface area contributed by atoms with Gasteiger partial charge < -0.3 is 0 Å². The fourth-order valence-electron chi connectivity index (χ4n) is 1.63. The number of ether oxygens (including phenoxy) is 1. The summed E-state index contributed by atoms with van der Waals surface area (Å²) in [6, 6.07) is 0. The van der Waals surface area contributed by atoms with Crippen molar-refractivity contribution in [3.63, 3.8) is 0 Å². The Morgan fingerprint density at radius 2 is 1.59 bits per heavy atom. The number of hydrogen-bond acceptors (Lipinski definition) is 2. The van der Waals surface area contributed by atoms with Crippen LogP contribution in [0.5, 0.6) is 5.75 Å². The minimum atomic E-state index is -0.410. The Morgan fingerprint density at radius 3 is 2.14 bits per heavy atom. The molecule has 1 aromatic heterocycles. The van der Waals surface area contributed by atoms with Gasteiger partial charge in [0.1, 0.15) is 0 Å². The summed E-state index contributed by atoms with van der Waals surface area (Å²) in [5, 5.41) is 0. The van der Waals surface area contributed by atoms with Gasteiger partial charge in [0.2, 0.25) is 0 Å². The van der Waals surface area contributed by atoms with Crippen molar-refractivity contribution in [2.75, 3.05) is 6.61 Å². The molecule has 22 heavy (non-hydrogen) atoms. The molecule has 0 N–H and O–H groups in total. The Bertz CT molecular complexity index is 360. The molecule has 2 rings (SSSR count). The molecule has 0 amide bonds. The molecule has 1 aliphatic heterocycles. The zero-order valence-electron chi connectivity index (χ0n) is 15.4. The van der Waals surface area contributed by atoms with Crippen molar-refractivity contribution in [3.8, 4) is 5.75 Å². The van der Waals surface area contributed by atoms with Gasteiger partial charge in [0.25, 0.3) is 0 Å². The van der Waals surface area contributed by atoms with Crippen LogP contribution in [0.4, 0.5) is 0 Å². The number of aromatic nitrogens is 1. The molecule has 1 aliphatic rings. The van der Waals surface area contributed by atoms with Gasteiger partial charge in [-0.05, 0) is 0 Å². The molecule has 0 fully saturated rings. The number of nitrogens with zero attached hydrogens (tertiary/aromatic N) is 1. The molecule has 0 bridgehead atoms. The van der Waals surface area contributed by atoms with Gasteiger partial charge in [0.15, 0.2) is 0 Å². The molecular formula is C19H35NOSn. The molecule has 0 atom stereocenters. The van der Waals surface area contributed by atoms with Gasteiger partial charge in [-0.25, -0.2) is 0 Å². The normalized spacial score (nSPS) is 11.5. The van der Waals surface area contributed by atoms with Gasteiger partial charge in [-0.15, -0.1) is 0 Å². The topological polar surface area (TPSA) is 22.1 Å². The third-order valence-corrected chi connectivity index (χ3v) is 7.26. The average Bonchev–Trinajstić information content (AvgIpc) is 3.05. The Balaban J connectivity index is 0.000000464. The zero-order valence-corrected chi connectivity index (χ0v) is 18.2. The van der Waals surface area contributed by atoms with Gasteiger partial charge in [-0.1, -0.05) is 53.4 Å². The molecule has 0 spiro atoms. The predicted octanol–water partition coefficient (Wildman–Crippen LogP) is 5.18. The van der Waals surface area contributed by atoms with Crippen LogP contribution in [0.3, 0.4) is 0 Å². The van der Waals surface area contributed by atoms with Crippen LogP contribution in [0.25, 0.3) is 0 Å². The summed E-state index contributed by atoms with van der Waals surface area (Å²) in [7, 11) is 0. The molecule has 126 valence electrons. The number of rotatable bonds is 6. The summed E-state index contributed by atoms with van der Waals surface area (Å²) in [6.07, 6.45) is 13.0. The summed E-state index contributed by atoms with van der Waals surface area (Å²) in [5.41, 5.74) is 1.33. The van der Waals surface area contributed by atoms with E-state index in [4.69, 9.17) is 4.74 Å². The molecule has 0 saturated carbocycles. The summed E-state index contributed by atoms with van der Waals surface area (Å²) < 4.78 is 8.55. The van der Waals surface area contributed by atoms with Crippen LogP contribution in [-0.2, 0) is 6.42 Å². The van der Waals surface area contributed by atoms with Crippen molar-refractivity contribution in [2.45, 2.75) is 84.0 Å². The van der Waals surface area contributed by atoms with Crippen LogP contribution >= 0.6 is 0 Å². The second-order valence-electron chi connectivity index (χ2n) is 5.55. The second kappa shape index (κ2) is 15.6. The fraction of sp³-hybridized carbons (Fsp3) is 0.737. The molecule has 2 heterocycles. The molecule has 2 radical (unpaired) electrons. The van der Waals surface area contributed by atoms with Crippen LogP contribution in [0.1, 0.15) is 78.7 Å². The van der Waals surface area contributed by atoms with Crippen molar-refractivity contribution in [3.05, 3.63) is 18.0 Å². The van der Waals surface area contributed by atoms with Crippen LogP contribution in [0, 0.1) is 0 Å². The molecule has 1 aromatic rings. The van der Waals surface area contributed by atoms with E-state index < -0.39 is 21.1 Å². The van der Waals surface area contributed by atoms with Crippen LogP contribution < -0.4 is 8.32 Å². The number of fused-ring (bicyclic) bond motifs is 1. The van der Waals surface area contributed by atoms with E-state index in [0.717, 1.165) is 13.0 Å². The summed E-state index contributed by atoms with van der Waals surface area (Å²) >= 11 is -0.410.